The van der Waals surface area contributed by atoms with Crippen LogP contribution in [0.4, 0.5) is 8.78 Å². The number of pyridine rings is 1. The third-order valence-corrected chi connectivity index (χ3v) is 5.72. The molecule has 1 aliphatic heterocycles. The molecule has 0 saturated heterocycles. The Morgan fingerprint density at radius 1 is 1.26 bits per heavy atom. The molecular formula is C21H17F2N9O2. The molecule has 6 rings (SSSR count). The molecule has 0 saturated carbocycles. The van der Waals surface area contributed by atoms with Crippen LogP contribution in [-0.4, -0.2) is 56.9 Å². The van der Waals surface area contributed by atoms with Gasteiger partial charge < -0.3 is 14.3 Å². The van der Waals surface area contributed by atoms with Gasteiger partial charge in [0.15, 0.2) is 6.30 Å². The van der Waals surface area contributed by atoms with Gasteiger partial charge in [-0.2, -0.15) is 14.6 Å². The van der Waals surface area contributed by atoms with Crippen LogP contribution in [0.2, 0.25) is 0 Å². The molecule has 0 radical (unpaired) electrons. The number of nitrogens with one attached hydrogen (secondary N) is 1. The Morgan fingerprint density at radius 2 is 2.15 bits per heavy atom. The first-order valence-electron chi connectivity index (χ1n) is 10.5. The summed E-state index contributed by atoms with van der Waals surface area (Å²) in [7, 11) is 0. The SMILES string of the molecule is CC(F)n1ccc(-c2nnc(C(=O)N3CCc4[nH]cnc4[C@H]3c3cc4cccc(F)n4n3)o2)n1. The van der Waals surface area contributed by atoms with Gasteiger partial charge in [0.25, 0.3) is 5.89 Å². The molecule has 2 atom stereocenters. The van der Waals surface area contributed by atoms with Crippen molar-refractivity contribution in [2.24, 2.45) is 0 Å². The standard InChI is InChI=1S/C21H17F2N9O2/c1-11(22)31-8-6-14(28-31)19-26-27-20(34-19)21(33)30-7-5-13-17(25-10-24-13)18(30)15-9-12-3-2-4-16(23)32(12)29-15/h2-4,6,8-11,18H,5,7H2,1H3,(H,24,25)/t11?,18-/m1/s1. The molecule has 5 aromatic rings. The number of halogens is 2. The first kappa shape index (κ1) is 20.2. The predicted octanol–water partition coefficient (Wildman–Crippen LogP) is 2.72. The van der Waals surface area contributed by atoms with Crippen molar-refractivity contribution >= 4 is 11.4 Å². The number of hydrogen-bond donors (Lipinski definition) is 1. The van der Waals surface area contributed by atoms with E-state index in [-0.39, 0.29) is 17.5 Å². The summed E-state index contributed by atoms with van der Waals surface area (Å²) in [6.45, 7) is 1.66. The van der Waals surface area contributed by atoms with Crippen molar-refractivity contribution in [1.29, 1.82) is 0 Å². The fraction of sp³-hybridized carbons (Fsp3) is 0.238. The van der Waals surface area contributed by atoms with Crippen molar-refractivity contribution in [3.63, 3.8) is 0 Å². The lowest BCUT2D eigenvalue weighted by atomic mass is 9.99. The molecule has 0 bridgehead atoms. The minimum Gasteiger partial charge on any atom is -0.411 e. The number of rotatable bonds is 4. The van der Waals surface area contributed by atoms with Gasteiger partial charge in [0, 0.05) is 24.9 Å². The fourth-order valence-electron chi connectivity index (χ4n) is 4.12. The van der Waals surface area contributed by atoms with Crippen LogP contribution in [-0.2, 0) is 6.42 Å². The van der Waals surface area contributed by atoms with Crippen LogP contribution in [0.5, 0.6) is 0 Å². The molecule has 13 heteroatoms. The van der Waals surface area contributed by atoms with Crippen LogP contribution in [0.25, 0.3) is 17.1 Å². The lowest BCUT2D eigenvalue weighted by molar-refractivity contribution is 0.0646. The van der Waals surface area contributed by atoms with Crippen molar-refractivity contribution in [1.82, 2.24) is 44.5 Å². The maximum Gasteiger partial charge on any atom is 0.312 e. The van der Waals surface area contributed by atoms with E-state index in [2.05, 4.69) is 30.4 Å². The second-order valence-electron chi connectivity index (χ2n) is 7.84. The summed E-state index contributed by atoms with van der Waals surface area (Å²) in [6, 6.07) is 7.15. The maximum absolute atomic E-state index is 14.3. The second-order valence-corrected chi connectivity index (χ2v) is 7.84. The second kappa shape index (κ2) is 7.57. The monoisotopic (exact) mass is 465 g/mol. The van der Waals surface area contributed by atoms with Gasteiger partial charge in [-0.1, -0.05) is 6.07 Å². The Bertz CT molecular complexity index is 1520. The molecule has 0 spiro atoms. The Hall–Kier alpha value is -4.42. The number of amides is 1. The van der Waals surface area contributed by atoms with Crippen LogP contribution >= 0.6 is 0 Å². The number of nitrogens with zero attached hydrogens (tertiary/aromatic N) is 8. The Labute approximate surface area is 190 Å². The highest BCUT2D eigenvalue weighted by atomic mass is 19.1. The normalized spacial score (nSPS) is 16.7. The maximum atomic E-state index is 14.3. The average Bonchev–Trinajstić information content (AvgIpc) is 3.62. The third kappa shape index (κ3) is 3.16. The summed E-state index contributed by atoms with van der Waals surface area (Å²) in [6.07, 6.45) is 2.19. The number of aromatic nitrogens is 8. The Morgan fingerprint density at radius 3 is 2.94 bits per heavy atom. The predicted molar refractivity (Wildman–Crippen MR) is 112 cm³/mol. The summed E-state index contributed by atoms with van der Waals surface area (Å²) >= 11 is 0. The fourth-order valence-corrected chi connectivity index (χ4v) is 4.12. The number of hydrogen-bond acceptors (Lipinski definition) is 7. The van der Waals surface area contributed by atoms with Gasteiger partial charge in [0.1, 0.15) is 11.7 Å². The van der Waals surface area contributed by atoms with Gasteiger partial charge in [0.05, 0.1) is 23.2 Å². The van der Waals surface area contributed by atoms with Crippen LogP contribution in [0.3, 0.4) is 0 Å². The van der Waals surface area contributed by atoms with Gasteiger partial charge in [-0.25, -0.2) is 18.6 Å². The molecule has 0 aromatic carbocycles. The first-order chi connectivity index (χ1) is 16.5. The minimum atomic E-state index is -1.33. The molecule has 6 heterocycles. The topological polar surface area (TPSA) is 123 Å². The largest absolute Gasteiger partial charge is 0.411 e. The number of aromatic amines is 1. The van der Waals surface area contributed by atoms with Crippen molar-refractivity contribution in [2.75, 3.05) is 6.54 Å². The smallest absolute Gasteiger partial charge is 0.312 e. The summed E-state index contributed by atoms with van der Waals surface area (Å²) in [5, 5.41) is 16.2. The summed E-state index contributed by atoms with van der Waals surface area (Å²) in [5.41, 5.74) is 2.71. The van der Waals surface area contributed by atoms with Gasteiger partial charge in [-0.3, -0.25) is 4.79 Å². The highest BCUT2D eigenvalue weighted by Gasteiger charge is 2.38. The summed E-state index contributed by atoms with van der Waals surface area (Å²) in [5.74, 6) is -1.32. The molecule has 1 amide bonds. The van der Waals surface area contributed by atoms with E-state index in [1.54, 1.807) is 24.5 Å². The van der Waals surface area contributed by atoms with Crippen LogP contribution in [0, 0.1) is 5.95 Å². The average molecular weight is 465 g/mol. The highest BCUT2D eigenvalue weighted by molar-refractivity contribution is 5.90. The van der Waals surface area contributed by atoms with E-state index in [4.69, 9.17) is 4.42 Å². The molecule has 1 unspecified atom stereocenters. The lowest BCUT2D eigenvalue weighted by Crippen LogP contribution is -2.41. The van der Waals surface area contributed by atoms with Gasteiger partial charge in [-0.15, -0.1) is 10.2 Å². The first-order valence-corrected chi connectivity index (χ1v) is 10.5. The highest BCUT2D eigenvalue weighted by Crippen LogP contribution is 2.34. The van der Waals surface area contributed by atoms with E-state index in [0.29, 0.717) is 29.9 Å². The number of H-pyrrole nitrogens is 1. The zero-order valence-corrected chi connectivity index (χ0v) is 17.8. The zero-order valence-electron chi connectivity index (χ0n) is 17.8. The van der Waals surface area contributed by atoms with E-state index in [9.17, 15) is 13.6 Å². The summed E-state index contributed by atoms with van der Waals surface area (Å²) < 4.78 is 35.6. The lowest BCUT2D eigenvalue weighted by Gasteiger charge is -2.32. The summed E-state index contributed by atoms with van der Waals surface area (Å²) in [4.78, 5) is 22.5. The van der Waals surface area contributed by atoms with Crippen LogP contribution in [0.15, 0.2) is 47.3 Å². The van der Waals surface area contributed by atoms with Crippen molar-refractivity contribution in [3.8, 4) is 11.6 Å². The molecule has 172 valence electrons. The van der Waals surface area contributed by atoms with Gasteiger partial charge in [0.2, 0.25) is 5.95 Å². The van der Waals surface area contributed by atoms with Crippen molar-refractivity contribution in [3.05, 3.63) is 71.8 Å². The molecule has 34 heavy (non-hydrogen) atoms. The quantitative estimate of drug-likeness (QED) is 0.405. The number of alkyl halides is 1. The van der Waals surface area contributed by atoms with E-state index >= 15 is 0 Å². The number of fused-ring (bicyclic) bond motifs is 2. The van der Waals surface area contributed by atoms with E-state index in [1.165, 1.54) is 34.7 Å². The minimum absolute atomic E-state index is 0.00781. The van der Waals surface area contributed by atoms with Gasteiger partial charge >= 0.3 is 11.8 Å². The Balaban J connectivity index is 1.37. The zero-order chi connectivity index (χ0) is 23.4. The van der Waals surface area contributed by atoms with Gasteiger partial charge in [-0.05, 0) is 31.2 Å². The Kier molecular flexibility index (Phi) is 4.50. The molecule has 0 aliphatic carbocycles. The molecule has 1 N–H and O–H groups in total. The van der Waals surface area contributed by atoms with E-state index in [0.717, 1.165) is 10.4 Å². The van der Waals surface area contributed by atoms with E-state index < -0.39 is 24.2 Å². The van der Waals surface area contributed by atoms with Crippen LogP contribution in [0.1, 0.15) is 47.0 Å². The van der Waals surface area contributed by atoms with Crippen molar-refractivity contribution < 1.29 is 18.0 Å². The molecule has 0 fully saturated rings. The van der Waals surface area contributed by atoms with Crippen LogP contribution < -0.4 is 0 Å². The third-order valence-electron chi connectivity index (χ3n) is 5.72. The molecule has 5 aromatic heterocycles. The van der Waals surface area contributed by atoms with E-state index in [1.807, 2.05) is 0 Å². The number of imidazole rings is 1. The molecular weight excluding hydrogens is 448 g/mol. The molecule has 1 aliphatic rings. The molecule has 11 nitrogen and oxygen atoms in total. The van der Waals surface area contributed by atoms with Crippen molar-refractivity contribution in [2.45, 2.75) is 25.7 Å². The number of carbonyl (C=O) groups excluding carboxylic acids is 1. The number of carbonyl (C=O) groups is 1.